The maximum Gasteiger partial charge on any atom is 0.249 e. The Morgan fingerprint density at radius 3 is 3.13 bits per heavy atom. The van der Waals surface area contributed by atoms with Crippen LogP contribution in [0.15, 0.2) is 24.3 Å². The molecule has 23 heavy (non-hydrogen) atoms. The summed E-state index contributed by atoms with van der Waals surface area (Å²) in [5.41, 5.74) is 2.00. The quantitative estimate of drug-likeness (QED) is 0.792. The fourth-order valence-corrected chi connectivity index (χ4v) is 2.87. The van der Waals surface area contributed by atoms with Gasteiger partial charge >= 0.3 is 0 Å². The molecule has 0 aliphatic carbocycles. The predicted octanol–water partition coefficient (Wildman–Crippen LogP) is 1.87. The highest BCUT2D eigenvalue weighted by atomic mass is 16.5. The van der Waals surface area contributed by atoms with Crippen LogP contribution in [-0.4, -0.2) is 41.4 Å². The lowest BCUT2D eigenvalue weighted by Crippen LogP contribution is -2.34. The van der Waals surface area contributed by atoms with Gasteiger partial charge in [-0.3, -0.25) is 4.79 Å². The molecular weight excluding hydrogens is 294 g/mol. The minimum absolute atomic E-state index is 0.0501. The number of hydrogen-bond donors (Lipinski definition) is 1. The van der Waals surface area contributed by atoms with E-state index in [4.69, 9.17) is 9.47 Å². The lowest BCUT2D eigenvalue weighted by atomic mass is 10.2. The minimum Gasteiger partial charge on any atom is -0.380 e. The molecule has 1 aliphatic rings. The molecule has 2 heterocycles. The lowest BCUT2D eigenvalue weighted by molar-refractivity contribution is -0.130. The molecule has 1 aliphatic heterocycles. The Hall–Kier alpha value is -1.92. The molecule has 1 fully saturated rings. The van der Waals surface area contributed by atoms with Crippen molar-refractivity contribution in [2.45, 2.75) is 39.0 Å². The summed E-state index contributed by atoms with van der Waals surface area (Å²) in [5.74, 6) is 0.795. The van der Waals surface area contributed by atoms with E-state index < -0.39 is 0 Å². The van der Waals surface area contributed by atoms with E-state index >= 15 is 0 Å². The first-order chi connectivity index (χ1) is 11.3. The van der Waals surface area contributed by atoms with Crippen molar-refractivity contribution >= 4 is 16.9 Å². The van der Waals surface area contributed by atoms with Crippen molar-refractivity contribution in [1.82, 2.24) is 14.9 Å². The van der Waals surface area contributed by atoms with E-state index in [9.17, 15) is 4.79 Å². The van der Waals surface area contributed by atoms with E-state index in [1.807, 2.05) is 31.2 Å². The Bertz CT molecular complexity index is 662. The zero-order chi connectivity index (χ0) is 16.1. The predicted molar refractivity (Wildman–Crippen MR) is 87.0 cm³/mol. The normalized spacial score (nSPS) is 17.7. The second-order valence-corrected chi connectivity index (χ2v) is 5.58. The topological polar surface area (TPSA) is 65.4 Å². The van der Waals surface area contributed by atoms with Crippen LogP contribution in [0.25, 0.3) is 11.0 Å². The highest BCUT2D eigenvalue weighted by Crippen LogP contribution is 2.17. The Morgan fingerprint density at radius 2 is 2.35 bits per heavy atom. The lowest BCUT2D eigenvalue weighted by Gasteiger charge is -2.12. The van der Waals surface area contributed by atoms with Gasteiger partial charge in [-0.05, 0) is 31.9 Å². The monoisotopic (exact) mass is 317 g/mol. The van der Waals surface area contributed by atoms with E-state index in [1.54, 1.807) is 0 Å². The van der Waals surface area contributed by atoms with Crippen LogP contribution < -0.4 is 5.32 Å². The van der Waals surface area contributed by atoms with Crippen LogP contribution in [0.1, 0.15) is 25.6 Å². The number of carbonyl (C=O) groups excluding carboxylic acids is 1. The van der Waals surface area contributed by atoms with Crippen LogP contribution in [0, 0.1) is 0 Å². The number of nitrogens with zero attached hydrogens (tertiary/aromatic N) is 2. The summed E-state index contributed by atoms with van der Waals surface area (Å²) in [5, 5.41) is 2.94. The van der Waals surface area contributed by atoms with Gasteiger partial charge in [0.25, 0.3) is 0 Å². The second-order valence-electron chi connectivity index (χ2n) is 5.58. The number of carbonyl (C=O) groups is 1. The molecular formula is C17H23N3O3. The summed E-state index contributed by atoms with van der Waals surface area (Å²) in [6, 6.07) is 7.99. The van der Waals surface area contributed by atoms with Crippen molar-refractivity contribution in [2.24, 2.45) is 0 Å². The highest BCUT2D eigenvalue weighted by molar-refractivity contribution is 5.81. The molecule has 1 unspecified atom stereocenters. The van der Waals surface area contributed by atoms with Gasteiger partial charge in [0.05, 0.1) is 24.2 Å². The van der Waals surface area contributed by atoms with Crippen LogP contribution in [0.2, 0.25) is 0 Å². The summed E-state index contributed by atoms with van der Waals surface area (Å²) in [7, 11) is 0. The molecule has 2 aromatic rings. The molecule has 0 radical (unpaired) electrons. The van der Waals surface area contributed by atoms with Gasteiger partial charge in [0.1, 0.15) is 11.9 Å². The molecule has 1 amide bonds. The van der Waals surface area contributed by atoms with Gasteiger partial charge in [-0.25, -0.2) is 4.98 Å². The van der Waals surface area contributed by atoms with Gasteiger partial charge in [0.2, 0.25) is 5.91 Å². The molecule has 3 rings (SSSR count). The third-order valence-corrected chi connectivity index (χ3v) is 4.04. The molecule has 1 N–H and O–H groups in total. The SMILES string of the molecule is CCOCCn1c(CNC(=O)C2CCCO2)nc2ccccc21. The first-order valence-electron chi connectivity index (χ1n) is 8.20. The number of fused-ring (bicyclic) bond motifs is 1. The average Bonchev–Trinajstić information content (AvgIpc) is 3.21. The molecule has 0 saturated carbocycles. The Balaban J connectivity index is 1.72. The minimum atomic E-state index is -0.309. The Labute approximate surface area is 135 Å². The first kappa shape index (κ1) is 16.0. The first-order valence-corrected chi connectivity index (χ1v) is 8.20. The molecule has 0 spiro atoms. The Morgan fingerprint density at radius 1 is 1.48 bits per heavy atom. The number of ether oxygens (including phenoxy) is 2. The van der Waals surface area contributed by atoms with E-state index in [-0.39, 0.29) is 12.0 Å². The van der Waals surface area contributed by atoms with Crippen molar-refractivity contribution in [3.63, 3.8) is 0 Å². The number of hydrogen-bond acceptors (Lipinski definition) is 4. The number of benzene rings is 1. The van der Waals surface area contributed by atoms with Gasteiger partial charge in [-0.15, -0.1) is 0 Å². The zero-order valence-corrected chi connectivity index (χ0v) is 13.5. The van der Waals surface area contributed by atoms with Crippen LogP contribution >= 0.6 is 0 Å². The van der Waals surface area contributed by atoms with E-state index in [2.05, 4.69) is 14.9 Å². The zero-order valence-electron chi connectivity index (χ0n) is 13.5. The van der Waals surface area contributed by atoms with Crippen molar-refractivity contribution in [3.8, 4) is 0 Å². The maximum absolute atomic E-state index is 12.1. The molecule has 6 heteroatoms. The van der Waals surface area contributed by atoms with E-state index in [1.165, 1.54) is 0 Å². The molecule has 1 saturated heterocycles. The number of para-hydroxylation sites is 2. The smallest absolute Gasteiger partial charge is 0.249 e. The van der Waals surface area contributed by atoms with Crippen LogP contribution in [0.4, 0.5) is 0 Å². The average molecular weight is 317 g/mol. The summed E-state index contributed by atoms with van der Waals surface area (Å²) in [4.78, 5) is 16.7. The van der Waals surface area contributed by atoms with Crippen LogP contribution in [0.3, 0.4) is 0 Å². The molecule has 1 atom stereocenters. The number of nitrogens with one attached hydrogen (secondary N) is 1. The summed E-state index contributed by atoms with van der Waals surface area (Å²) in [6.45, 7) is 5.10. The highest BCUT2D eigenvalue weighted by Gasteiger charge is 2.23. The maximum atomic E-state index is 12.1. The van der Waals surface area contributed by atoms with E-state index in [0.717, 1.165) is 36.2 Å². The van der Waals surface area contributed by atoms with Gasteiger partial charge in [-0.1, -0.05) is 12.1 Å². The number of rotatable bonds is 7. The molecule has 1 aromatic heterocycles. The van der Waals surface area contributed by atoms with Gasteiger partial charge in [-0.2, -0.15) is 0 Å². The second kappa shape index (κ2) is 7.57. The van der Waals surface area contributed by atoms with Crippen molar-refractivity contribution < 1.29 is 14.3 Å². The Kier molecular flexibility index (Phi) is 5.25. The van der Waals surface area contributed by atoms with Crippen molar-refractivity contribution in [1.29, 1.82) is 0 Å². The third kappa shape index (κ3) is 3.71. The number of aromatic nitrogens is 2. The van der Waals surface area contributed by atoms with Crippen LogP contribution in [-0.2, 0) is 27.4 Å². The van der Waals surface area contributed by atoms with Crippen molar-refractivity contribution in [3.05, 3.63) is 30.1 Å². The van der Waals surface area contributed by atoms with Gasteiger partial charge in [0, 0.05) is 19.8 Å². The fraction of sp³-hybridized carbons (Fsp3) is 0.529. The molecule has 1 aromatic carbocycles. The standard InChI is InChI=1S/C17H23N3O3/c1-2-22-11-9-20-14-7-4-3-6-13(14)19-16(20)12-18-17(21)15-8-5-10-23-15/h3-4,6-7,15H,2,5,8-12H2,1H3,(H,18,21). The summed E-state index contributed by atoms with van der Waals surface area (Å²) < 4.78 is 13.0. The molecule has 6 nitrogen and oxygen atoms in total. The fourth-order valence-electron chi connectivity index (χ4n) is 2.87. The molecule has 0 bridgehead atoms. The van der Waals surface area contributed by atoms with Gasteiger partial charge in [0.15, 0.2) is 0 Å². The third-order valence-electron chi connectivity index (χ3n) is 4.04. The molecule has 124 valence electrons. The number of amides is 1. The van der Waals surface area contributed by atoms with Crippen LogP contribution in [0.5, 0.6) is 0 Å². The largest absolute Gasteiger partial charge is 0.380 e. The number of imidazole rings is 1. The van der Waals surface area contributed by atoms with Crippen molar-refractivity contribution in [2.75, 3.05) is 19.8 Å². The van der Waals surface area contributed by atoms with Gasteiger partial charge < -0.3 is 19.4 Å². The summed E-state index contributed by atoms with van der Waals surface area (Å²) >= 11 is 0. The summed E-state index contributed by atoms with van der Waals surface area (Å²) in [6.07, 6.45) is 1.44. The van der Waals surface area contributed by atoms with E-state index in [0.29, 0.717) is 26.4 Å².